The molecule has 0 saturated heterocycles. The molecule has 2 rings (SSSR count). The van der Waals surface area contributed by atoms with Gasteiger partial charge in [0, 0.05) is 4.90 Å². The van der Waals surface area contributed by atoms with Crippen molar-refractivity contribution in [2.24, 2.45) is 4.36 Å². The Bertz CT molecular complexity index is 822. The van der Waals surface area contributed by atoms with E-state index in [0.29, 0.717) is 10.5 Å². The molecule has 3 nitrogen and oxygen atoms in total. The van der Waals surface area contributed by atoms with Crippen molar-refractivity contribution in [2.75, 3.05) is 6.26 Å². The second-order valence-electron chi connectivity index (χ2n) is 5.31. The number of halogens is 6. The Morgan fingerprint density at radius 1 is 1.04 bits per heavy atom. The molecule has 2 atom stereocenters. The standard InChI is InChI=1S/C17H13Cl3F3NO2S/c1-27(13-9-7-12(8-10-13)17(21,22)23)24-15(25)26-14(16(18,19)20)11-5-3-2-4-6-11/h2-10,14H,1H3/t14-,27?/m0/s1. The van der Waals surface area contributed by atoms with E-state index in [1.807, 2.05) is 0 Å². The first-order valence-electron chi connectivity index (χ1n) is 7.36. The first kappa shape index (κ1) is 22.0. The number of alkyl halides is 6. The van der Waals surface area contributed by atoms with Crippen molar-refractivity contribution in [1.82, 2.24) is 0 Å². The monoisotopic (exact) mass is 457 g/mol. The lowest BCUT2D eigenvalue weighted by atomic mass is 10.1. The summed E-state index contributed by atoms with van der Waals surface area (Å²) < 4.78 is 44.9. The first-order chi connectivity index (χ1) is 12.5. The predicted molar refractivity (Wildman–Crippen MR) is 101 cm³/mol. The van der Waals surface area contributed by atoms with Crippen LogP contribution in [0.4, 0.5) is 18.0 Å². The van der Waals surface area contributed by atoms with Crippen molar-refractivity contribution >= 4 is 51.6 Å². The number of carbonyl (C=O) groups excluding carboxylic acids is 1. The molecule has 0 fully saturated rings. The summed E-state index contributed by atoms with van der Waals surface area (Å²) in [6.45, 7) is 0. The molecule has 0 aliphatic carbocycles. The van der Waals surface area contributed by atoms with E-state index in [1.54, 1.807) is 36.6 Å². The van der Waals surface area contributed by atoms with E-state index in [1.165, 1.54) is 12.1 Å². The molecule has 1 amide bonds. The fourth-order valence-electron chi connectivity index (χ4n) is 2.08. The molecule has 0 heterocycles. The second kappa shape index (κ2) is 8.82. The van der Waals surface area contributed by atoms with Crippen molar-refractivity contribution in [1.29, 1.82) is 0 Å². The van der Waals surface area contributed by atoms with E-state index in [0.717, 1.165) is 12.1 Å². The van der Waals surface area contributed by atoms with Gasteiger partial charge in [0.1, 0.15) is 0 Å². The van der Waals surface area contributed by atoms with E-state index in [2.05, 4.69) is 4.36 Å². The molecule has 0 aromatic heterocycles. The van der Waals surface area contributed by atoms with Crippen molar-refractivity contribution in [2.45, 2.75) is 21.0 Å². The molecule has 0 aliphatic heterocycles. The van der Waals surface area contributed by atoms with Gasteiger partial charge in [0.15, 0.2) is 6.10 Å². The van der Waals surface area contributed by atoms with Gasteiger partial charge in [-0.2, -0.15) is 13.2 Å². The molecular formula is C17H13Cl3F3NO2S. The lowest BCUT2D eigenvalue weighted by Gasteiger charge is -2.23. The number of amides is 1. The highest BCUT2D eigenvalue weighted by molar-refractivity contribution is 7.86. The van der Waals surface area contributed by atoms with Crippen molar-refractivity contribution in [3.63, 3.8) is 0 Å². The zero-order valence-corrected chi connectivity index (χ0v) is 16.8. The molecule has 2 aromatic carbocycles. The normalized spacial score (nSPS) is 14.6. The lowest BCUT2D eigenvalue weighted by Crippen LogP contribution is -2.22. The minimum atomic E-state index is -4.44. The Labute approximate surface area is 171 Å². The summed E-state index contributed by atoms with van der Waals surface area (Å²) in [4.78, 5) is 12.6. The highest BCUT2D eigenvalue weighted by Crippen LogP contribution is 2.42. The number of hydrogen-bond donors (Lipinski definition) is 0. The van der Waals surface area contributed by atoms with Crippen molar-refractivity contribution < 1.29 is 22.7 Å². The summed E-state index contributed by atoms with van der Waals surface area (Å²) in [5, 5.41) is 0. The van der Waals surface area contributed by atoms with Gasteiger partial charge in [0.25, 0.3) is 0 Å². The fraction of sp³-hybridized carbons (Fsp3) is 0.235. The number of carbonyl (C=O) groups is 1. The summed E-state index contributed by atoms with van der Waals surface area (Å²) in [5.74, 6) is 0. The van der Waals surface area contributed by atoms with Crippen LogP contribution in [0.25, 0.3) is 0 Å². The van der Waals surface area contributed by atoms with Gasteiger partial charge in [-0.1, -0.05) is 75.8 Å². The average molecular weight is 459 g/mol. The van der Waals surface area contributed by atoms with E-state index >= 15 is 0 Å². The Morgan fingerprint density at radius 3 is 2.07 bits per heavy atom. The summed E-state index contributed by atoms with van der Waals surface area (Å²) in [7, 11) is -1.04. The maximum Gasteiger partial charge on any atom is 0.440 e. The molecule has 27 heavy (non-hydrogen) atoms. The largest absolute Gasteiger partial charge is 0.440 e. The summed E-state index contributed by atoms with van der Waals surface area (Å²) in [6.07, 6.45) is -5.05. The molecule has 10 heteroatoms. The maximum absolute atomic E-state index is 12.6. The molecule has 0 saturated carbocycles. The maximum atomic E-state index is 12.6. The fourth-order valence-corrected chi connectivity index (χ4v) is 3.49. The number of ether oxygens (including phenoxy) is 1. The molecule has 1 unspecified atom stereocenters. The number of rotatable bonds is 3. The summed E-state index contributed by atoms with van der Waals surface area (Å²) >= 11 is 17.7. The minimum absolute atomic E-state index is 0.435. The van der Waals surface area contributed by atoms with E-state index in [9.17, 15) is 18.0 Å². The number of hydrogen-bond acceptors (Lipinski definition) is 2. The lowest BCUT2D eigenvalue weighted by molar-refractivity contribution is -0.137. The van der Waals surface area contributed by atoms with E-state index < -0.39 is 38.4 Å². The van der Waals surface area contributed by atoms with Gasteiger partial charge < -0.3 is 4.74 Å². The number of benzene rings is 2. The van der Waals surface area contributed by atoms with Gasteiger partial charge in [-0.3, -0.25) is 0 Å². The minimum Gasteiger partial charge on any atom is -0.435 e. The van der Waals surface area contributed by atoms with Crippen LogP contribution in [-0.2, 0) is 21.6 Å². The quantitative estimate of drug-likeness (QED) is 0.478. The van der Waals surface area contributed by atoms with Crippen molar-refractivity contribution in [3.8, 4) is 0 Å². The molecule has 146 valence electrons. The molecule has 0 aliphatic rings. The summed E-state index contributed by atoms with van der Waals surface area (Å²) in [5.41, 5.74) is -0.322. The van der Waals surface area contributed by atoms with Gasteiger partial charge >= 0.3 is 12.3 Å². The Kier molecular flexibility index (Phi) is 7.19. The Balaban J connectivity index is 2.18. The first-order valence-corrected chi connectivity index (χ1v) is 10.1. The van der Waals surface area contributed by atoms with Gasteiger partial charge in [0.05, 0.1) is 5.56 Å². The van der Waals surface area contributed by atoms with Crippen LogP contribution in [0.15, 0.2) is 63.9 Å². The zero-order valence-electron chi connectivity index (χ0n) is 13.7. The smallest absolute Gasteiger partial charge is 0.435 e. The van der Waals surface area contributed by atoms with Gasteiger partial charge in [-0.05, 0) is 36.1 Å². The SMILES string of the molecule is C/S(=N\C(=O)O[C@@H](c1ccccc1)C(Cl)(Cl)Cl)c1ccc(C(F)(F)F)cc1. The summed E-state index contributed by atoms with van der Waals surface area (Å²) in [6, 6.07) is 12.7. The Morgan fingerprint density at radius 2 is 1.59 bits per heavy atom. The van der Waals surface area contributed by atoms with Crippen LogP contribution in [0.1, 0.15) is 17.2 Å². The van der Waals surface area contributed by atoms with E-state index in [4.69, 9.17) is 39.5 Å². The third kappa shape index (κ3) is 6.38. The van der Waals surface area contributed by atoms with Gasteiger partial charge in [-0.25, -0.2) is 4.79 Å². The predicted octanol–water partition coefficient (Wildman–Crippen LogP) is 6.74. The average Bonchev–Trinajstić information content (AvgIpc) is 2.59. The van der Waals surface area contributed by atoms with Crippen molar-refractivity contribution in [3.05, 3.63) is 65.7 Å². The molecular weight excluding hydrogens is 446 g/mol. The second-order valence-corrected chi connectivity index (χ2v) is 9.29. The third-order valence-corrected chi connectivity index (χ3v) is 5.32. The Hall–Kier alpha value is -1.28. The van der Waals surface area contributed by atoms with Crippen LogP contribution in [0.5, 0.6) is 0 Å². The molecule has 2 aromatic rings. The highest BCUT2D eigenvalue weighted by atomic mass is 35.6. The zero-order chi connectivity index (χ0) is 20.2. The molecule has 0 bridgehead atoms. The van der Waals surface area contributed by atoms with Crippen LogP contribution in [0, 0.1) is 0 Å². The highest BCUT2D eigenvalue weighted by Gasteiger charge is 2.37. The van der Waals surface area contributed by atoms with Crippen LogP contribution < -0.4 is 0 Å². The van der Waals surface area contributed by atoms with Crippen LogP contribution in [0.3, 0.4) is 0 Å². The molecule has 0 radical (unpaired) electrons. The van der Waals surface area contributed by atoms with Crippen LogP contribution in [0.2, 0.25) is 0 Å². The topological polar surface area (TPSA) is 38.7 Å². The number of nitrogens with zero attached hydrogens (tertiary/aromatic N) is 1. The molecule has 0 N–H and O–H groups in total. The van der Waals surface area contributed by atoms with Gasteiger partial charge in [-0.15, -0.1) is 4.36 Å². The molecule has 0 spiro atoms. The van der Waals surface area contributed by atoms with E-state index in [-0.39, 0.29) is 0 Å². The van der Waals surface area contributed by atoms with Crippen LogP contribution >= 0.6 is 34.8 Å². The third-order valence-electron chi connectivity index (χ3n) is 3.35. The van der Waals surface area contributed by atoms with Crippen LogP contribution in [-0.4, -0.2) is 16.1 Å². The van der Waals surface area contributed by atoms with Gasteiger partial charge in [0.2, 0.25) is 3.79 Å².